The van der Waals surface area contributed by atoms with E-state index in [2.05, 4.69) is 19.2 Å². The average molecular weight is 396 g/mol. The number of fused-ring (bicyclic) bond motifs is 1. The predicted octanol–water partition coefficient (Wildman–Crippen LogP) is 4.34. The van der Waals surface area contributed by atoms with Crippen molar-refractivity contribution in [1.29, 1.82) is 0 Å². The van der Waals surface area contributed by atoms with Crippen LogP contribution in [0.2, 0.25) is 5.02 Å². The summed E-state index contributed by atoms with van der Waals surface area (Å²) in [4.78, 5) is 15.3. The molecule has 26 heavy (non-hydrogen) atoms. The molecular weight excluding hydrogens is 389 g/mol. The van der Waals surface area contributed by atoms with Gasteiger partial charge in [-0.1, -0.05) is 11.6 Å². The number of aromatic nitrogens is 1. The van der Waals surface area contributed by atoms with Crippen molar-refractivity contribution in [3.8, 4) is 17.0 Å². The summed E-state index contributed by atoms with van der Waals surface area (Å²) >= 11 is 5.71. The van der Waals surface area contributed by atoms with Crippen LogP contribution in [0.4, 0.5) is 22.0 Å². The lowest BCUT2D eigenvalue weighted by Crippen LogP contribution is -2.41. The van der Waals surface area contributed by atoms with Crippen LogP contribution < -0.4 is 4.74 Å². The number of halogens is 6. The minimum Gasteiger partial charge on any atom is -0.464 e. The number of hydrogen-bond donors (Lipinski definition) is 0. The zero-order valence-corrected chi connectivity index (χ0v) is 13.4. The van der Waals surface area contributed by atoms with E-state index in [0.717, 1.165) is 25.3 Å². The summed E-state index contributed by atoms with van der Waals surface area (Å²) in [5.74, 6) is -2.86. The summed E-state index contributed by atoms with van der Waals surface area (Å²) in [6.45, 7) is 0. The average Bonchev–Trinajstić information content (AvgIpc) is 2.52. The van der Waals surface area contributed by atoms with Gasteiger partial charge in [0, 0.05) is 5.56 Å². The Hall–Kier alpha value is -2.46. The summed E-state index contributed by atoms with van der Waals surface area (Å²) in [7, 11) is 1.04. The Kier molecular flexibility index (Phi) is 4.27. The number of rotatable bonds is 2. The van der Waals surface area contributed by atoms with Crippen molar-refractivity contribution < 1.29 is 41.0 Å². The summed E-state index contributed by atoms with van der Waals surface area (Å²) < 4.78 is 79.6. The quantitative estimate of drug-likeness (QED) is 0.559. The standard InChI is InChI=1S/C15H7ClF5NO4/c1-24-13(23)12-8(16)5-9(17)11(22-12)6-2-3-10-7(4-6)14(18,19)26-15(20,21)25-10/h2-5H,1H3. The summed E-state index contributed by atoms with van der Waals surface area (Å²) in [5.41, 5.74) is -2.28. The lowest BCUT2D eigenvalue weighted by molar-refractivity contribution is -0.461. The molecule has 0 saturated heterocycles. The van der Waals surface area contributed by atoms with E-state index >= 15 is 0 Å². The molecule has 0 N–H and O–H groups in total. The number of carbonyl (C=O) groups is 1. The number of carbonyl (C=O) groups excluding carboxylic acids is 1. The molecule has 0 fully saturated rings. The number of esters is 1. The SMILES string of the molecule is COC(=O)c1nc(-c2ccc3c(c2)C(F)(F)OC(F)(F)O3)c(F)cc1Cl. The fourth-order valence-corrected chi connectivity index (χ4v) is 2.47. The van der Waals surface area contributed by atoms with Gasteiger partial charge in [0.25, 0.3) is 0 Å². The Labute approximate surface area is 147 Å². The normalized spacial score (nSPS) is 17.2. The van der Waals surface area contributed by atoms with Crippen LogP contribution in [0.1, 0.15) is 16.1 Å². The second-order valence-corrected chi connectivity index (χ2v) is 5.44. The van der Waals surface area contributed by atoms with Crippen molar-refractivity contribution in [2.24, 2.45) is 0 Å². The van der Waals surface area contributed by atoms with Gasteiger partial charge in [-0.05, 0) is 24.3 Å². The largest absolute Gasteiger partial charge is 0.540 e. The van der Waals surface area contributed by atoms with Gasteiger partial charge in [0.15, 0.2) is 11.5 Å². The third kappa shape index (κ3) is 3.17. The fourth-order valence-electron chi connectivity index (χ4n) is 2.26. The smallest absolute Gasteiger partial charge is 0.464 e. The number of pyridine rings is 1. The molecule has 1 aromatic carbocycles. The molecule has 1 aliphatic heterocycles. The molecular formula is C15H7ClF5NO4. The van der Waals surface area contributed by atoms with Gasteiger partial charge in [0.05, 0.1) is 17.7 Å². The molecule has 0 amide bonds. The zero-order chi connectivity index (χ0) is 19.3. The van der Waals surface area contributed by atoms with E-state index in [-0.39, 0.29) is 10.6 Å². The molecule has 1 aromatic heterocycles. The van der Waals surface area contributed by atoms with E-state index < -0.39 is 46.9 Å². The van der Waals surface area contributed by atoms with Crippen molar-refractivity contribution in [3.05, 3.63) is 46.4 Å². The minimum absolute atomic E-state index is 0.250. The number of hydrogen-bond acceptors (Lipinski definition) is 5. The van der Waals surface area contributed by atoms with Crippen molar-refractivity contribution in [2.75, 3.05) is 7.11 Å². The van der Waals surface area contributed by atoms with Gasteiger partial charge < -0.3 is 9.47 Å². The highest BCUT2D eigenvalue weighted by Crippen LogP contribution is 2.47. The van der Waals surface area contributed by atoms with Gasteiger partial charge in [0.1, 0.15) is 11.4 Å². The third-order valence-corrected chi connectivity index (χ3v) is 3.64. The highest BCUT2D eigenvalue weighted by Gasteiger charge is 2.54. The first-order chi connectivity index (χ1) is 12.0. The van der Waals surface area contributed by atoms with Crippen LogP contribution in [-0.2, 0) is 15.6 Å². The zero-order valence-electron chi connectivity index (χ0n) is 12.7. The molecule has 2 heterocycles. The first-order valence-corrected chi connectivity index (χ1v) is 7.16. The maximum absolute atomic E-state index is 14.2. The van der Waals surface area contributed by atoms with Crippen LogP contribution in [0.3, 0.4) is 0 Å². The highest BCUT2D eigenvalue weighted by atomic mass is 35.5. The Bertz CT molecular complexity index is 906. The van der Waals surface area contributed by atoms with Crippen LogP contribution in [0, 0.1) is 5.82 Å². The maximum Gasteiger partial charge on any atom is 0.540 e. The van der Waals surface area contributed by atoms with Gasteiger partial charge in [-0.2, -0.15) is 8.78 Å². The molecule has 1 aliphatic rings. The molecule has 0 bridgehead atoms. The second-order valence-electron chi connectivity index (χ2n) is 5.04. The number of alkyl halides is 4. The lowest BCUT2D eigenvalue weighted by Gasteiger charge is -2.30. The maximum atomic E-state index is 14.2. The molecule has 3 rings (SSSR count). The first kappa shape index (κ1) is 18.3. The number of methoxy groups -OCH3 is 1. The lowest BCUT2D eigenvalue weighted by atomic mass is 10.0. The predicted molar refractivity (Wildman–Crippen MR) is 76.5 cm³/mol. The Morgan fingerprint density at radius 2 is 1.92 bits per heavy atom. The van der Waals surface area contributed by atoms with E-state index in [1.807, 2.05) is 0 Å². The van der Waals surface area contributed by atoms with Crippen molar-refractivity contribution in [1.82, 2.24) is 4.98 Å². The van der Waals surface area contributed by atoms with Crippen molar-refractivity contribution in [3.63, 3.8) is 0 Å². The molecule has 5 nitrogen and oxygen atoms in total. The van der Waals surface area contributed by atoms with Crippen LogP contribution in [0.5, 0.6) is 5.75 Å². The Morgan fingerprint density at radius 1 is 1.23 bits per heavy atom. The molecule has 0 radical (unpaired) electrons. The molecule has 0 spiro atoms. The number of ether oxygens (including phenoxy) is 3. The highest BCUT2D eigenvalue weighted by molar-refractivity contribution is 6.33. The molecule has 0 unspecified atom stereocenters. The van der Waals surface area contributed by atoms with Gasteiger partial charge in [0.2, 0.25) is 0 Å². The fraction of sp³-hybridized carbons (Fsp3) is 0.200. The second kappa shape index (κ2) is 6.06. The molecule has 0 aliphatic carbocycles. The van der Waals surface area contributed by atoms with E-state index in [4.69, 9.17) is 11.6 Å². The molecule has 11 heteroatoms. The summed E-state index contributed by atoms with van der Waals surface area (Å²) in [6, 6.07) is 3.19. The van der Waals surface area contributed by atoms with Crippen LogP contribution >= 0.6 is 11.6 Å². The van der Waals surface area contributed by atoms with Gasteiger partial charge in [-0.25, -0.2) is 18.9 Å². The first-order valence-electron chi connectivity index (χ1n) is 6.78. The molecule has 2 aromatic rings. The molecule has 138 valence electrons. The summed E-state index contributed by atoms with van der Waals surface area (Å²) in [6.07, 6.45) is -8.93. The number of benzene rings is 1. The Morgan fingerprint density at radius 3 is 2.58 bits per heavy atom. The van der Waals surface area contributed by atoms with Gasteiger partial charge >= 0.3 is 18.4 Å². The van der Waals surface area contributed by atoms with Crippen molar-refractivity contribution >= 4 is 17.6 Å². The van der Waals surface area contributed by atoms with Gasteiger partial charge in [-0.15, -0.1) is 8.78 Å². The monoisotopic (exact) mass is 395 g/mol. The van der Waals surface area contributed by atoms with E-state index in [9.17, 15) is 26.7 Å². The molecule has 0 atom stereocenters. The number of nitrogens with zero attached hydrogens (tertiary/aromatic N) is 1. The van der Waals surface area contributed by atoms with E-state index in [1.54, 1.807) is 0 Å². The minimum atomic E-state index is -4.53. The van der Waals surface area contributed by atoms with E-state index in [1.165, 1.54) is 0 Å². The Balaban J connectivity index is 2.14. The van der Waals surface area contributed by atoms with Crippen LogP contribution in [-0.4, -0.2) is 24.4 Å². The van der Waals surface area contributed by atoms with Crippen LogP contribution in [0.25, 0.3) is 11.3 Å². The third-order valence-electron chi connectivity index (χ3n) is 3.35. The van der Waals surface area contributed by atoms with Crippen LogP contribution in [0.15, 0.2) is 24.3 Å². The van der Waals surface area contributed by atoms with E-state index in [0.29, 0.717) is 6.07 Å². The van der Waals surface area contributed by atoms with Gasteiger partial charge in [-0.3, -0.25) is 0 Å². The summed E-state index contributed by atoms with van der Waals surface area (Å²) in [5, 5.41) is -0.354. The van der Waals surface area contributed by atoms with Crippen molar-refractivity contribution in [2.45, 2.75) is 12.4 Å². The molecule has 0 saturated carbocycles. The topological polar surface area (TPSA) is 57.7 Å².